The highest BCUT2D eigenvalue weighted by Gasteiger charge is 2.59. The molecule has 2 saturated carbocycles. The SMILES string of the molecule is NC(=O)c1cc(CC2CC2)c2c(c1)C13CCNC(C2)C1CCC1(C3)OCCO1. The van der Waals surface area contributed by atoms with Crippen LogP contribution >= 0.6 is 0 Å². The van der Waals surface area contributed by atoms with Gasteiger partial charge in [-0.15, -0.1) is 0 Å². The molecule has 1 aromatic carbocycles. The smallest absolute Gasteiger partial charge is 0.248 e. The monoisotopic (exact) mass is 382 g/mol. The Morgan fingerprint density at radius 1 is 1.18 bits per heavy atom. The van der Waals surface area contributed by atoms with E-state index < -0.39 is 5.79 Å². The number of piperidine rings is 1. The van der Waals surface area contributed by atoms with Crippen molar-refractivity contribution in [3.63, 3.8) is 0 Å². The number of carbonyl (C=O) groups is 1. The van der Waals surface area contributed by atoms with E-state index in [1.807, 2.05) is 0 Å². The Morgan fingerprint density at radius 3 is 2.75 bits per heavy atom. The molecule has 4 fully saturated rings. The molecule has 3 N–H and O–H groups in total. The molecule has 1 amide bonds. The van der Waals surface area contributed by atoms with Crippen LogP contribution in [0.3, 0.4) is 0 Å². The first-order valence-electron chi connectivity index (χ1n) is 11.1. The molecular formula is C23H30N2O3. The van der Waals surface area contributed by atoms with E-state index in [1.165, 1.54) is 29.5 Å². The first-order chi connectivity index (χ1) is 13.6. The van der Waals surface area contributed by atoms with Crippen LogP contribution in [0.2, 0.25) is 0 Å². The van der Waals surface area contributed by atoms with Crippen LogP contribution in [0.4, 0.5) is 0 Å². The number of amides is 1. The predicted molar refractivity (Wildman–Crippen MR) is 105 cm³/mol. The van der Waals surface area contributed by atoms with Gasteiger partial charge in [-0.2, -0.15) is 0 Å². The number of hydrogen-bond donors (Lipinski definition) is 2. The molecule has 28 heavy (non-hydrogen) atoms. The first kappa shape index (κ1) is 17.4. The molecule has 5 aliphatic rings. The van der Waals surface area contributed by atoms with Crippen molar-refractivity contribution in [3.05, 3.63) is 34.4 Å². The Bertz CT molecular complexity index is 827. The minimum Gasteiger partial charge on any atom is -0.366 e. The molecule has 0 radical (unpaired) electrons. The van der Waals surface area contributed by atoms with Gasteiger partial charge in [0.2, 0.25) is 5.91 Å². The normalized spacial score (nSPS) is 35.4. The fraction of sp³-hybridized carbons (Fsp3) is 0.696. The van der Waals surface area contributed by atoms with E-state index in [2.05, 4.69) is 17.4 Å². The van der Waals surface area contributed by atoms with Gasteiger partial charge in [-0.3, -0.25) is 4.79 Å². The Balaban J connectivity index is 1.52. The van der Waals surface area contributed by atoms with Crippen LogP contribution in [0.15, 0.2) is 12.1 Å². The summed E-state index contributed by atoms with van der Waals surface area (Å²) in [6.45, 7) is 2.42. The Hall–Kier alpha value is -1.43. The van der Waals surface area contributed by atoms with Crippen LogP contribution < -0.4 is 11.1 Å². The number of primary amides is 1. The van der Waals surface area contributed by atoms with Crippen molar-refractivity contribution < 1.29 is 14.3 Å². The average Bonchev–Trinajstić information content (AvgIpc) is 3.39. The second kappa shape index (κ2) is 6.04. The van der Waals surface area contributed by atoms with Crippen LogP contribution in [0.25, 0.3) is 0 Å². The number of ether oxygens (including phenoxy) is 2. The van der Waals surface area contributed by atoms with Crippen molar-refractivity contribution in [1.82, 2.24) is 5.32 Å². The summed E-state index contributed by atoms with van der Waals surface area (Å²) in [5, 5.41) is 3.82. The molecular weight excluding hydrogens is 352 g/mol. The second-order valence-corrected chi connectivity index (χ2v) is 9.77. The number of benzene rings is 1. The molecule has 1 spiro atoms. The fourth-order valence-corrected chi connectivity index (χ4v) is 6.82. The number of fused-ring (bicyclic) bond motifs is 1. The molecule has 5 heteroatoms. The van der Waals surface area contributed by atoms with Crippen molar-refractivity contribution in [1.29, 1.82) is 0 Å². The van der Waals surface area contributed by atoms with Crippen molar-refractivity contribution in [2.45, 2.75) is 68.6 Å². The third kappa shape index (κ3) is 2.52. The third-order valence-electron chi connectivity index (χ3n) is 8.20. The maximum atomic E-state index is 12.2. The number of carbonyl (C=O) groups excluding carboxylic acids is 1. The maximum absolute atomic E-state index is 12.2. The van der Waals surface area contributed by atoms with E-state index in [4.69, 9.17) is 15.2 Å². The number of rotatable bonds is 3. The lowest BCUT2D eigenvalue weighted by atomic mass is 9.51. The first-order valence-corrected chi connectivity index (χ1v) is 11.1. The van der Waals surface area contributed by atoms with E-state index in [1.54, 1.807) is 0 Å². The standard InChI is InChI=1S/C23H30N2O3/c24-21(26)16-10-15(9-14-1-2-14)17-12-20-18-3-4-23(27-7-8-28-23)13-22(18,5-6-25-20)19(17)11-16/h10-11,14,18,20,25H,1-9,12-13H2,(H2,24,26). The zero-order valence-electron chi connectivity index (χ0n) is 16.5. The highest BCUT2D eigenvalue weighted by Crippen LogP contribution is 2.58. The number of nitrogens with two attached hydrogens (primary N) is 1. The minimum absolute atomic E-state index is 0.0376. The van der Waals surface area contributed by atoms with E-state index in [0.717, 1.165) is 51.0 Å². The lowest BCUT2D eigenvalue weighted by Gasteiger charge is -2.59. The number of nitrogens with one attached hydrogen (secondary N) is 1. The van der Waals surface area contributed by atoms with Crippen molar-refractivity contribution >= 4 is 5.91 Å². The highest BCUT2D eigenvalue weighted by molar-refractivity contribution is 5.93. The minimum atomic E-state index is -0.424. The Morgan fingerprint density at radius 2 is 2.00 bits per heavy atom. The summed E-state index contributed by atoms with van der Waals surface area (Å²) < 4.78 is 12.4. The van der Waals surface area contributed by atoms with E-state index in [9.17, 15) is 4.79 Å². The summed E-state index contributed by atoms with van der Waals surface area (Å²) in [4.78, 5) is 12.2. The average molecular weight is 383 g/mol. The molecule has 2 saturated heterocycles. The van der Waals surface area contributed by atoms with Gasteiger partial charge >= 0.3 is 0 Å². The molecule has 3 unspecified atom stereocenters. The van der Waals surface area contributed by atoms with Crippen LogP contribution in [0, 0.1) is 11.8 Å². The van der Waals surface area contributed by atoms with Gasteiger partial charge in [-0.1, -0.05) is 0 Å². The summed E-state index contributed by atoms with van der Waals surface area (Å²) >= 11 is 0. The Kier molecular flexibility index (Phi) is 3.76. The largest absolute Gasteiger partial charge is 0.366 e. The van der Waals surface area contributed by atoms with Crippen molar-refractivity contribution in [2.75, 3.05) is 19.8 Å². The Labute approximate surface area is 166 Å². The predicted octanol–water partition coefficient (Wildman–Crippen LogP) is 2.44. The van der Waals surface area contributed by atoms with Gasteiger partial charge in [-0.05, 0) is 85.7 Å². The highest BCUT2D eigenvalue weighted by atomic mass is 16.7. The van der Waals surface area contributed by atoms with Gasteiger partial charge in [0.1, 0.15) is 0 Å². The summed E-state index contributed by atoms with van der Waals surface area (Å²) in [5.41, 5.74) is 10.7. The maximum Gasteiger partial charge on any atom is 0.248 e. The molecule has 150 valence electrons. The van der Waals surface area contributed by atoms with Gasteiger partial charge in [-0.25, -0.2) is 0 Å². The van der Waals surface area contributed by atoms with Crippen LogP contribution in [-0.2, 0) is 27.7 Å². The molecule has 3 aliphatic carbocycles. The van der Waals surface area contributed by atoms with Crippen molar-refractivity contribution in [2.24, 2.45) is 17.6 Å². The van der Waals surface area contributed by atoms with E-state index >= 15 is 0 Å². The zero-order chi connectivity index (χ0) is 18.9. The molecule has 2 aliphatic heterocycles. The van der Waals surface area contributed by atoms with Gasteiger partial charge in [0.25, 0.3) is 0 Å². The summed E-state index contributed by atoms with van der Waals surface area (Å²) in [6.07, 6.45) is 8.91. The van der Waals surface area contributed by atoms with Crippen LogP contribution in [0.5, 0.6) is 0 Å². The van der Waals surface area contributed by atoms with E-state index in [0.29, 0.717) is 30.7 Å². The van der Waals surface area contributed by atoms with Crippen LogP contribution in [-0.4, -0.2) is 37.5 Å². The zero-order valence-corrected chi connectivity index (χ0v) is 16.5. The van der Waals surface area contributed by atoms with Gasteiger partial charge in [0, 0.05) is 29.9 Å². The van der Waals surface area contributed by atoms with Gasteiger partial charge in [0.05, 0.1) is 13.2 Å². The van der Waals surface area contributed by atoms with Crippen LogP contribution in [0.1, 0.15) is 65.6 Å². The molecule has 3 atom stereocenters. The number of hydrogen-bond acceptors (Lipinski definition) is 4. The second-order valence-electron chi connectivity index (χ2n) is 9.77. The summed E-state index contributed by atoms with van der Waals surface area (Å²) in [5.74, 6) is 0.646. The molecule has 5 nitrogen and oxygen atoms in total. The van der Waals surface area contributed by atoms with Gasteiger partial charge in [0.15, 0.2) is 5.79 Å². The molecule has 1 aromatic rings. The summed E-state index contributed by atoms with van der Waals surface area (Å²) in [6, 6.07) is 4.75. The molecule has 2 bridgehead atoms. The lowest BCUT2D eigenvalue weighted by Crippen LogP contribution is -2.63. The van der Waals surface area contributed by atoms with E-state index in [-0.39, 0.29) is 11.3 Å². The lowest BCUT2D eigenvalue weighted by molar-refractivity contribution is -0.207. The molecule has 6 rings (SSSR count). The quantitative estimate of drug-likeness (QED) is 0.842. The van der Waals surface area contributed by atoms with Crippen molar-refractivity contribution in [3.8, 4) is 0 Å². The van der Waals surface area contributed by atoms with Gasteiger partial charge < -0.3 is 20.5 Å². The third-order valence-corrected chi connectivity index (χ3v) is 8.20. The molecule has 0 aromatic heterocycles. The summed E-state index contributed by atoms with van der Waals surface area (Å²) in [7, 11) is 0. The molecule has 2 heterocycles. The topological polar surface area (TPSA) is 73.6 Å². The fourth-order valence-electron chi connectivity index (χ4n) is 6.82.